The second-order valence-electron chi connectivity index (χ2n) is 7.87. The minimum absolute atomic E-state index is 0.0924. The number of anilines is 1. The predicted octanol–water partition coefficient (Wildman–Crippen LogP) is 2.68. The van der Waals surface area contributed by atoms with Crippen LogP contribution in [-0.2, 0) is 7.05 Å². The molecule has 0 radical (unpaired) electrons. The summed E-state index contributed by atoms with van der Waals surface area (Å²) in [6.07, 6.45) is 5.34. The van der Waals surface area contributed by atoms with Crippen molar-refractivity contribution in [1.29, 1.82) is 0 Å². The molecule has 1 fully saturated rings. The van der Waals surface area contributed by atoms with Crippen LogP contribution in [-0.4, -0.2) is 42.2 Å². The number of fused-ring (bicyclic) bond motifs is 1. The predicted molar refractivity (Wildman–Crippen MR) is 119 cm³/mol. The smallest absolute Gasteiger partial charge is 0.296 e. The number of ether oxygens (including phenoxy) is 1. The molecule has 1 aliphatic carbocycles. The van der Waals surface area contributed by atoms with Gasteiger partial charge in [-0.05, 0) is 25.3 Å². The van der Waals surface area contributed by atoms with E-state index in [2.05, 4.69) is 20.4 Å². The van der Waals surface area contributed by atoms with Crippen molar-refractivity contribution in [2.24, 2.45) is 7.05 Å². The first kappa shape index (κ1) is 21.3. The summed E-state index contributed by atoms with van der Waals surface area (Å²) in [6, 6.07) is 4.54. The Morgan fingerprint density at radius 3 is 2.71 bits per heavy atom. The Labute approximate surface area is 191 Å². The molecule has 1 N–H and O–H groups in total. The van der Waals surface area contributed by atoms with Gasteiger partial charge in [0.1, 0.15) is 12.0 Å². The normalized spacial score (nSPS) is 13.6. The van der Waals surface area contributed by atoms with E-state index in [0.717, 1.165) is 19.3 Å². The molecule has 13 heteroatoms. The Morgan fingerprint density at radius 1 is 1.29 bits per heavy atom. The minimum Gasteiger partial charge on any atom is -0.489 e. The van der Waals surface area contributed by atoms with Crippen LogP contribution >= 0.6 is 0 Å². The van der Waals surface area contributed by atoms with Crippen LogP contribution in [0.4, 0.5) is 11.4 Å². The number of amides is 1. The fourth-order valence-electron chi connectivity index (χ4n) is 3.95. The number of carbonyl (C=O) groups is 1. The topological polar surface area (TPSA) is 160 Å². The maximum atomic E-state index is 13.1. The summed E-state index contributed by atoms with van der Waals surface area (Å²) in [6.45, 7) is 0. The fourth-order valence-corrected chi connectivity index (χ4v) is 3.95. The summed E-state index contributed by atoms with van der Waals surface area (Å²) < 4.78 is 13.1. The Kier molecular flexibility index (Phi) is 5.07. The second kappa shape index (κ2) is 8.10. The van der Waals surface area contributed by atoms with Crippen LogP contribution in [0.5, 0.6) is 5.75 Å². The van der Waals surface area contributed by atoms with Crippen molar-refractivity contribution in [3.05, 3.63) is 56.8 Å². The van der Waals surface area contributed by atoms with E-state index in [-0.39, 0.29) is 34.7 Å². The zero-order valence-electron chi connectivity index (χ0n) is 18.2. The maximum Gasteiger partial charge on any atom is 0.296 e. The Bertz CT molecular complexity index is 1480. The number of methoxy groups -OCH3 is 1. The average Bonchev–Trinajstić information content (AvgIpc) is 3.42. The zero-order chi connectivity index (χ0) is 24.0. The van der Waals surface area contributed by atoms with Crippen molar-refractivity contribution >= 4 is 28.3 Å². The van der Waals surface area contributed by atoms with Gasteiger partial charge in [0.25, 0.3) is 17.2 Å². The first-order valence-corrected chi connectivity index (χ1v) is 10.4. The van der Waals surface area contributed by atoms with Crippen LogP contribution in [0.2, 0.25) is 0 Å². The van der Waals surface area contributed by atoms with E-state index in [0.29, 0.717) is 16.9 Å². The maximum absolute atomic E-state index is 13.1. The van der Waals surface area contributed by atoms with Gasteiger partial charge in [0.05, 0.1) is 29.3 Å². The molecule has 13 nitrogen and oxygen atoms in total. The summed E-state index contributed by atoms with van der Waals surface area (Å²) >= 11 is 0. The third-order valence-corrected chi connectivity index (χ3v) is 5.88. The van der Waals surface area contributed by atoms with Crippen LogP contribution in [0.3, 0.4) is 0 Å². The van der Waals surface area contributed by atoms with Crippen molar-refractivity contribution in [2.75, 3.05) is 12.4 Å². The highest BCUT2D eigenvalue weighted by molar-refractivity contribution is 6.04. The number of hydrogen-bond acceptors (Lipinski definition) is 9. The number of nitro benzene ring substituents is 1. The van der Waals surface area contributed by atoms with Crippen LogP contribution in [0.1, 0.15) is 35.8 Å². The molecule has 34 heavy (non-hydrogen) atoms. The number of aromatic nitrogens is 5. The van der Waals surface area contributed by atoms with E-state index in [1.165, 1.54) is 43.3 Å². The summed E-state index contributed by atoms with van der Waals surface area (Å²) in [5, 5.41) is 17.4. The molecule has 0 saturated heterocycles. The first-order chi connectivity index (χ1) is 16.4. The molecule has 3 heterocycles. The Morgan fingerprint density at radius 2 is 2.09 bits per heavy atom. The van der Waals surface area contributed by atoms with Gasteiger partial charge < -0.3 is 19.1 Å². The van der Waals surface area contributed by atoms with E-state index < -0.39 is 16.4 Å². The van der Waals surface area contributed by atoms with Gasteiger partial charge in [0.2, 0.25) is 5.75 Å². The lowest BCUT2D eigenvalue weighted by molar-refractivity contribution is -0.384. The summed E-state index contributed by atoms with van der Waals surface area (Å²) in [5.74, 6) is -0.461. The number of rotatable bonds is 6. The molecular formula is C21H19N7O6. The van der Waals surface area contributed by atoms with Crippen molar-refractivity contribution in [1.82, 2.24) is 24.3 Å². The molecule has 0 unspecified atom stereocenters. The van der Waals surface area contributed by atoms with Crippen LogP contribution in [0, 0.1) is 10.1 Å². The molecule has 0 spiro atoms. The molecule has 174 valence electrons. The van der Waals surface area contributed by atoms with Gasteiger partial charge in [0, 0.05) is 25.2 Å². The molecule has 1 aromatic carbocycles. The van der Waals surface area contributed by atoms with Crippen molar-refractivity contribution in [2.45, 2.75) is 25.3 Å². The van der Waals surface area contributed by atoms with Gasteiger partial charge in [-0.2, -0.15) is 0 Å². The highest BCUT2D eigenvalue weighted by Gasteiger charge is 2.30. The molecule has 0 atom stereocenters. The number of imidazole rings is 1. The average molecular weight is 465 g/mol. The number of benzene rings is 1. The van der Waals surface area contributed by atoms with Crippen molar-refractivity contribution in [3.63, 3.8) is 0 Å². The van der Waals surface area contributed by atoms with E-state index in [1.54, 1.807) is 6.07 Å². The monoisotopic (exact) mass is 465 g/mol. The zero-order valence-corrected chi connectivity index (χ0v) is 18.2. The SMILES string of the molecule is COc1c(C(=O)Nc2cnoc2)nc(-c2nc3cc([N+](=O)[O-])ccc3n2C2CCC2)n(C)c1=O. The number of nitrogens with one attached hydrogen (secondary N) is 1. The Balaban J connectivity index is 1.72. The van der Waals surface area contributed by atoms with E-state index in [4.69, 9.17) is 9.26 Å². The van der Waals surface area contributed by atoms with Crippen LogP contribution in [0.15, 0.2) is 40.0 Å². The Hall–Kier alpha value is -4.55. The van der Waals surface area contributed by atoms with Crippen molar-refractivity contribution in [3.8, 4) is 17.4 Å². The third-order valence-electron chi connectivity index (χ3n) is 5.88. The highest BCUT2D eigenvalue weighted by Crippen LogP contribution is 2.38. The number of nitro groups is 1. The molecule has 0 bridgehead atoms. The molecule has 1 saturated carbocycles. The van der Waals surface area contributed by atoms with Crippen LogP contribution in [0.25, 0.3) is 22.7 Å². The standard InChI is InChI=1S/C21H19N7O6/c1-26-18(25-16(17(33-2)21(26)30)20(29)23-11-9-22-34-10-11)19-24-14-8-13(28(31)32)6-7-15(14)27(19)12-4-3-5-12/h6-10,12H,3-5H2,1-2H3,(H,23,29). The van der Waals surface area contributed by atoms with Gasteiger partial charge >= 0.3 is 0 Å². The van der Waals surface area contributed by atoms with Crippen molar-refractivity contribution < 1.29 is 19.0 Å². The highest BCUT2D eigenvalue weighted by atomic mass is 16.6. The molecule has 0 aliphatic heterocycles. The molecule has 3 aromatic heterocycles. The van der Waals surface area contributed by atoms with Crippen LogP contribution < -0.4 is 15.6 Å². The molecular weight excluding hydrogens is 446 g/mol. The summed E-state index contributed by atoms with van der Waals surface area (Å²) in [4.78, 5) is 45.9. The minimum atomic E-state index is -0.694. The van der Waals surface area contributed by atoms with Gasteiger partial charge in [0.15, 0.2) is 17.3 Å². The lowest BCUT2D eigenvalue weighted by Gasteiger charge is -2.29. The largest absolute Gasteiger partial charge is 0.489 e. The lowest BCUT2D eigenvalue weighted by Crippen LogP contribution is -2.28. The fraction of sp³-hybridized carbons (Fsp3) is 0.286. The number of hydrogen-bond donors (Lipinski definition) is 1. The summed E-state index contributed by atoms with van der Waals surface area (Å²) in [5.41, 5.74) is 0.455. The molecule has 5 rings (SSSR count). The van der Waals surface area contributed by atoms with Gasteiger partial charge in [-0.1, -0.05) is 5.16 Å². The van der Waals surface area contributed by atoms with Gasteiger partial charge in [-0.15, -0.1) is 0 Å². The molecule has 4 aromatic rings. The lowest BCUT2D eigenvalue weighted by atomic mass is 9.92. The number of non-ortho nitro benzene ring substituents is 1. The number of nitrogens with zero attached hydrogens (tertiary/aromatic N) is 6. The molecule has 1 aliphatic rings. The van der Waals surface area contributed by atoms with E-state index >= 15 is 0 Å². The van der Waals surface area contributed by atoms with E-state index in [9.17, 15) is 19.7 Å². The third kappa shape index (κ3) is 3.37. The van der Waals surface area contributed by atoms with Gasteiger partial charge in [-0.25, -0.2) is 9.97 Å². The second-order valence-corrected chi connectivity index (χ2v) is 7.87. The van der Waals surface area contributed by atoms with E-state index in [1.807, 2.05) is 4.57 Å². The molecule has 1 amide bonds. The quantitative estimate of drug-likeness (QED) is 0.333. The summed E-state index contributed by atoms with van der Waals surface area (Å²) in [7, 11) is 2.78. The first-order valence-electron chi connectivity index (χ1n) is 10.4. The number of carbonyl (C=O) groups excluding carboxylic acids is 1. The van der Waals surface area contributed by atoms with Gasteiger partial charge in [-0.3, -0.25) is 24.3 Å².